The zero-order valence-electron chi connectivity index (χ0n) is 13.9. The Kier molecular flexibility index (Phi) is 4.80. The van der Waals surface area contributed by atoms with E-state index in [1.165, 1.54) is 23.9 Å². The zero-order chi connectivity index (χ0) is 18.4. The van der Waals surface area contributed by atoms with Gasteiger partial charge in [0.25, 0.3) is 0 Å². The molecule has 2 heterocycles. The van der Waals surface area contributed by atoms with E-state index in [0.717, 1.165) is 11.3 Å². The molecule has 0 fully saturated rings. The van der Waals surface area contributed by atoms with Gasteiger partial charge in [-0.05, 0) is 38.3 Å². The van der Waals surface area contributed by atoms with Crippen LogP contribution in [-0.4, -0.2) is 29.3 Å². The van der Waals surface area contributed by atoms with Gasteiger partial charge in [-0.3, -0.25) is 0 Å². The second-order valence-electron chi connectivity index (χ2n) is 5.50. The van der Waals surface area contributed by atoms with E-state index in [9.17, 15) is 8.42 Å². The van der Waals surface area contributed by atoms with Crippen LogP contribution in [0.3, 0.4) is 0 Å². The third-order valence-electron chi connectivity index (χ3n) is 4.03. The monoisotopic (exact) mass is 396 g/mol. The summed E-state index contributed by atoms with van der Waals surface area (Å²) in [5.74, 6) is 0. The van der Waals surface area contributed by atoms with Crippen LogP contribution >= 0.6 is 23.4 Å². The molecule has 25 heavy (non-hydrogen) atoms. The molecular formula is C16H17ClN4O2S2. The molecule has 0 saturated carbocycles. The summed E-state index contributed by atoms with van der Waals surface area (Å²) in [5.41, 5.74) is 8.43. The molecule has 0 radical (unpaired) electrons. The molecule has 0 amide bonds. The van der Waals surface area contributed by atoms with Crippen LogP contribution in [0.5, 0.6) is 0 Å². The lowest BCUT2D eigenvalue weighted by Crippen LogP contribution is -2.10. The number of hydrogen-bond donors (Lipinski definition) is 1. The Hall–Kier alpha value is -1.61. The van der Waals surface area contributed by atoms with E-state index in [0.29, 0.717) is 27.9 Å². The molecule has 0 spiro atoms. The molecule has 0 saturated heterocycles. The van der Waals surface area contributed by atoms with Gasteiger partial charge in [0.2, 0.25) is 9.84 Å². The molecule has 9 heteroatoms. The minimum absolute atomic E-state index is 0.0945. The highest BCUT2D eigenvalue weighted by atomic mass is 35.5. The molecule has 132 valence electrons. The van der Waals surface area contributed by atoms with Crippen molar-refractivity contribution < 1.29 is 8.42 Å². The predicted octanol–water partition coefficient (Wildman–Crippen LogP) is 3.01. The fraction of sp³-hybridized carbons (Fsp3) is 0.250. The van der Waals surface area contributed by atoms with Gasteiger partial charge in [0, 0.05) is 28.5 Å². The maximum Gasteiger partial charge on any atom is 0.213 e. The van der Waals surface area contributed by atoms with Crippen molar-refractivity contribution in [2.45, 2.75) is 35.2 Å². The summed E-state index contributed by atoms with van der Waals surface area (Å²) in [6.45, 7) is 3.99. The quantitative estimate of drug-likeness (QED) is 0.681. The maximum atomic E-state index is 13.2. The number of sulfone groups is 1. The number of aryl methyl sites for hydroxylation is 2. The highest BCUT2D eigenvalue weighted by Gasteiger charge is 2.29. The first-order valence-corrected chi connectivity index (χ1v) is 10.5. The van der Waals surface area contributed by atoms with Crippen molar-refractivity contribution in [2.75, 3.05) is 6.26 Å². The third-order valence-corrected chi connectivity index (χ3v) is 6.85. The largest absolute Gasteiger partial charge is 0.326 e. The second-order valence-corrected chi connectivity index (χ2v) is 8.62. The molecule has 1 aromatic carbocycles. The van der Waals surface area contributed by atoms with E-state index in [1.54, 1.807) is 22.9 Å². The van der Waals surface area contributed by atoms with Gasteiger partial charge >= 0.3 is 0 Å². The van der Waals surface area contributed by atoms with Gasteiger partial charge in [0.1, 0.15) is 5.03 Å². The molecule has 0 aliphatic carbocycles. The number of thioether (sulfide) groups is 1. The van der Waals surface area contributed by atoms with E-state index in [-0.39, 0.29) is 9.79 Å². The van der Waals surface area contributed by atoms with Gasteiger partial charge in [-0.2, -0.15) is 5.10 Å². The Balaban J connectivity index is 2.39. The third kappa shape index (κ3) is 2.93. The van der Waals surface area contributed by atoms with Gasteiger partial charge in [-0.15, -0.1) is 11.8 Å². The van der Waals surface area contributed by atoms with Crippen molar-refractivity contribution in [3.63, 3.8) is 0 Å². The lowest BCUT2D eigenvalue weighted by molar-refractivity contribution is 0.594. The Morgan fingerprint density at radius 2 is 2.04 bits per heavy atom. The van der Waals surface area contributed by atoms with E-state index in [2.05, 4.69) is 10.1 Å². The number of benzene rings is 1. The van der Waals surface area contributed by atoms with Crippen molar-refractivity contribution in [1.29, 1.82) is 0 Å². The molecular weight excluding hydrogens is 380 g/mol. The average Bonchev–Trinajstić information content (AvgIpc) is 2.94. The summed E-state index contributed by atoms with van der Waals surface area (Å²) in [7, 11) is -3.82. The van der Waals surface area contributed by atoms with Crippen LogP contribution in [0.2, 0.25) is 5.02 Å². The highest BCUT2D eigenvalue weighted by Crippen LogP contribution is 2.34. The van der Waals surface area contributed by atoms with Crippen molar-refractivity contribution in [2.24, 2.45) is 5.73 Å². The van der Waals surface area contributed by atoms with E-state index < -0.39 is 9.84 Å². The van der Waals surface area contributed by atoms with E-state index >= 15 is 0 Å². The molecule has 6 nitrogen and oxygen atoms in total. The molecule has 0 atom stereocenters. The summed E-state index contributed by atoms with van der Waals surface area (Å²) >= 11 is 7.23. The number of aromatic nitrogens is 3. The molecule has 0 unspecified atom stereocenters. The number of fused-ring (bicyclic) bond motifs is 1. The summed E-state index contributed by atoms with van der Waals surface area (Å²) in [6, 6.07) is 6.18. The van der Waals surface area contributed by atoms with Gasteiger partial charge in [0.15, 0.2) is 10.5 Å². The summed E-state index contributed by atoms with van der Waals surface area (Å²) in [4.78, 5) is 4.70. The first kappa shape index (κ1) is 18.2. The maximum absolute atomic E-state index is 13.2. The minimum atomic E-state index is -3.82. The lowest BCUT2D eigenvalue weighted by atomic mass is 10.2. The van der Waals surface area contributed by atoms with Crippen LogP contribution in [0.1, 0.15) is 17.0 Å². The molecule has 2 N–H and O–H groups in total. The number of rotatable bonds is 4. The predicted molar refractivity (Wildman–Crippen MR) is 99.0 cm³/mol. The van der Waals surface area contributed by atoms with Crippen LogP contribution in [0, 0.1) is 13.8 Å². The number of hydrogen-bond acceptors (Lipinski definition) is 6. The molecule has 0 bridgehead atoms. The first-order valence-electron chi connectivity index (χ1n) is 7.44. The Bertz CT molecular complexity index is 1080. The number of halogens is 1. The fourth-order valence-corrected chi connectivity index (χ4v) is 5.43. The average molecular weight is 397 g/mol. The number of nitrogens with two attached hydrogens (primary N) is 1. The van der Waals surface area contributed by atoms with Crippen LogP contribution in [0.15, 0.2) is 39.1 Å². The van der Waals surface area contributed by atoms with Crippen molar-refractivity contribution >= 4 is 38.8 Å². The van der Waals surface area contributed by atoms with E-state index in [1.807, 2.05) is 13.8 Å². The lowest BCUT2D eigenvalue weighted by Gasteiger charge is -2.09. The van der Waals surface area contributed by atoms with Crippen LogP contribution in [0.4, 0.5) is 0 Å². The van der Waals surface area contributed by atoms with Gasteiger partial charge in [0.05, 0.1) is 4.90 Å². The summed E-state index contributed by atoms with van der Waals surface area (Å²) in [6.07, 6.45) is 1.78. The standard InChI is InChI=1S/C16H17ClN4O2S2/c1-9-13(8-18)10(2)21-15(19-9)14(16(20-21)24-3)25(22,23)12-6-4-5-11(17)7-12/h4-7H,8,18H2,1-3H3. The molecule has 2 aromatic heterocycles. The summed E-state index contributed by atoms with van der Waals surface area (Å²) in [5, 5.41) is 5.19. The zero-order valence-corrected chi connectivity index (χ0v) is 16.3. The Morgan fingerprint density at radius 3 is 2.64 bits per heavy atom. The second kappa shape index (κ2) is 6.60. The minimum Gasteiger partial charge on any atom is -0.326 e. The fourth-order valence-electron chi connectivity index (χ4n) is 2.74. The topological polar surface area (TPSA) is 90.3 Å². The molecule has 0 aliphatic rings. The van der Waals surface area contributed by atoms with Crippen molar-refractivity contribution in [3.8, 4) is 0 Å². The van der Waals surface area contributed by atoms with Crippen LogP contribution in [0.25, 0.3) is 5.65 Å². The number of nitrogens with zero attached hydrogens (tertiary/aromatic N) is 3. The highest BCUT2D eigenvalue weighted by molar-refractivity contribution is 7.99. The van der Waals surface area contributed by atoms with Crippen molar-refractivity contribution in [1.82, 2.24) is 14.6 Å². The van der Waals surface area contributed by atoms with E-state index in [4.69, 9.17) is 17.3 Å². The molecule has 3 rings (SSSR count). The Labute approximate surface area is 155 Å². The SMILES string of the molecule is CSc1nn2c(C)c(CN)c(C)nc2c1S(=O)(=O)c1cccc(Cl)c1. The smallest absolute Gasteiger partial charge is 0.213 e. The van der Waals surface area contributed by atoms with Crippen molar-refractivity contribution in [3.05, 3.63) is 46.2 Å². The molecule has 3 aromatic rings. The first-order chi connectivity index (χ1) is 11.8. The van der Waals surface area contributed by atoms with Gasteiger partial charge < -0.3 is 5.73 Å². The van der Waals surface area contributed by atoms with Crippen LogP contribution < -0.4 is 5.73 Å². The Morgan fingerprint density at radius 1 is 1.32 bits per heavy atom. The normalized spacial score (nSPS) is 12.0. The summed E-state index contributed by atoms with van der Waals surface area (Å²) < 4.78 is 28.0. The van der Waals surface area contributed by atoms with Gasteiger partial charge in [-0.25, -0.2) is 17.9 Å². The van der Waals surface area contributed by atoms with Crippen LogP contribution in [-0.2, 0) is 16.4 Å². The molecule has 0 aliphatic heterocycles. The van der Waals surface area contributed by atoms with Gasteiger partial charge in [-0.1, -0.05) is 17.7 Å².